The average Bonchev–Trinajstić information content (AvgIpc) is 2.09. The lowest BCUT2D eigenvalue weighted by Crippen LogP contribution is -2.51. The van der Waals surface area contributed by atoms with E-state index in [1.54, 1.807) is 0 Å². The Hall–Kier alpha value is -0.370. The molecule has 0 rings (SSSR count). The topological polar surface area (TPSA) is 20.3 Å². The summed E-state index contributed by atoms with van der Waals surface area (Å²) in [6, 6.07) is 0.0463. The zero-order chi connectivity index (χ0) is 13.1. The molecule has 0 saturated carbocycles. The quantitative estimate of drug-likeness (QED) is 0.732. The Morgan fingerprint density at radius 3 is 1.81 bits per heavy atom. The number of rotatable bonds is 4. The van der Waals surface area contributed by atoms with Gasteiger partial charge in [0.2, 0.25) is 0 Å². The Morgan fingerprint density at radius 1 is 1.12 bits per heavy atom. The maximum Gasteiger partial charge on any atom is 0.155 e. The van der Waals surface area contributed by atoms with Gasteiger partial charge in [-0.1, -0.05) is 34.1 Å². The smallest absolute Gasteiger partial charge is 0.155 e. The van der Waals surface area contributed by atoms with E-state index >= 15 is 0 Å². The van der Waals surface area contributed by atoms with Crippen LogP contribution in [0.15, 0.2) is 0 Å². The zero-order valence-electron chi connectivity index (χ0n) is 12.3. The highest BCUT2D eigenvalue weighted by Gasteiger charge is 2.35. The van der Waals surface area contributed by atoms with E-state index in [1.807, 2.05) is 20.8 Å². The van der Waals surface area contributed by atoms with Gasteiger partial charge in [-0.05, 0) is 34.2 Å². The Bertz CT molecular complexity index is 232. The van der Waals surface area contributed by atoms with E-state index in [0.717, 1.165) is 12.8 Å². The van der Waals surface area contributed by atoms with Crippen LogP contribution in [0.25, 0.3) is 0 Å². The standard InChI is InChI=1S/C14H29NO/c1-9-10-11(12(16)13(2,3)4)15(8)14(5,6)7/h11H,9-10H2,1-8H3/t11-/m0/s1. The van der Waals surface area contributed by atoms with Crippen molar-refractivity contribution in [3.05, 3.63) is 0 Å². The molecule has 0 amide bonds. The summed E-state index contributed by atoms with van der Waals surface area (Å²) >= 11 is 0. The third kappa shape index (κ3) is 4.25. The van der Waals surface area contributed by atoms with E-state index in [1.165, 1.54) is 0 Å². The minimum atomic E-state index is -0.251. The average molecular weight is 227 g/mol. The van der Waals surface area contributed by atoms with Crippen molar-refractivity contribution in [3.63, 3.8) is 0 Å². The second-order valence-corrected chi connectivity index (χ2v) is 6.70. The van der Waals surface area contributed by atoms with Crippen LogP contribution < -0.4 is 0 Å². The van der Waals surface area contributed by atoms with Gasteiger partial charge >= 0.3 is 0 Å². The monoisotopic (exact) mass is 227 g/mol. The van der Waals surface area contributed by atoms with Crippen LogP contribution in [0.3, 0.4) is 0 Å². The highest BCUT2D eigenvalue weighted by Crippen LogP contribution is 2.25. The van der Waals surface area contributed by atoms with Crippen LogP contribution >= 0.6 is 0 Å². The van der Waals surface area contributed by atoms with E-state index in [4.69, 9.17) is 0 Å². The minimum Gasteiger partial charge on any atom is -0.297 e. The van der Waals surface area contributed by atoms with Gasteiger partial charge in [-0.3, -0.25) is 9.69 Å². The molecule has 0 fully saturated rings. The van der Waals surface area contributed by atoms with Gasteiger partial charge in [0.15, 0.2) is 5.78 Å². The molecule has 0 aliphatic rings. The van der Waals surface area contributed by atoms with Crippen molar-refractivity contribution in [2.75, 3.05) is 7.05 Å². The third-order valence-electron chi connectivity index (χ3n) is 3.13. The van der Waals surface area contributed by atoms with Gasteiger partial charge in [-0.15, -0.1) is 0 Å². The molecule has 2 nitrogen and oxygen atoms in total. The van der Waals surface area contributed by atoms with E-state index in [2.05, 4.69) is 39.6 Å². The van der Waals surface area contributed by atoms with E-state index in [9.17, 15) is 4.79 Å². The van der Waals surface area contributed by atoms with Crippen molar-refractivity contribution in [3.8, 4) is 0 Å². The van der Waals surface area contributed by atoms with Crippen LogP contribution in [0.2, 0.25) is 0 Å². The van der Waals surface area contributed by atoms with E-state index < -0.39 is 0 Å². The molecule has 16 heavy (non-hydrogen) atoms. The Morgan fingerprint density at radius 2 is 1.56 bits per heavy atom. The summed E-state index contributed by atoms with van der Waals surface area (Å²) in [6.07, 6.45) is 2.00. The van der Waals surface area contributed by atoms with Crippen LogP contribution in [-0.4, -0.2) is 29.3 Å². The van der Waals surface area contributed by atoms with Crippen molar-refractivity contribution in [2.45, 2.75) is 72.9 Å². The number of carbonyl (C=O) groups excluding carboxylic acids is 1. The summed E-state index contributed by atoms with van der Waals surface area (Å²) in [5.74, 6) is 0.353. The molecule has 96 valence electrons. The molecule has 0 saturated heterocycles. The Balaban J connectivity index is 4.95. The van der Waals surface area contributed by atoms with Gasteiger partial charge in [0.25, 0.3) is 0 Å². The van der Waals surface area contributed by atoms with Crippen molar-refractivity contribution in [1.82, 2.24) is 4.90 Å². The molecule has 2 heteroatoms. The van der Waals surface area contributed by atoms with Crippen LogP contribution in [-0.2, 0) is 4.79 Å². The van der Waals surface area contributed by atoms with E-state index in [-0.39, 0.29) is 17.0 Å². The maximum atomic E-state index is 12.4. The first-order valence-electron chi connectivity index (χ1n) is 6.29. The Labute approximate surface area is 101 Å². The fourth-order valence-electron chi connectivity index (χ4n) is 1.74. The fourth-order valence-corrected chi connectivity index (χ4v) is 1.74. The molecular weight excluding hydrogens is 198 g/mol. The SMILES string of the molecule is CCC[C@@H](C(=O)C(C)(C)C)N(C)C(C)(C)C. The molecule has 0 aliphatic heterocycles. The molecule has 0 bridgehead atoms. The summed E-state index contributed by atoms with van der Waals surface area (Å²) in [7, 11) is 2.06. The van der Waals surface area contributed by atoms with Crippen molar-refractivity contribution in [1.29, 1.82) is 0 Å². The number of hydrogen-bond acceptors (Lipinski definition) is 2. The molecule has 1 atom stereocenters. The second kappa shape index (κ2) is 5.31. The summed E-state index contributed by atoms with van der Waals surface area (Å²) in [5.41, 5.74) is -0.208. The molecule has 0 aromatic heterocycles. The second-order valence-electron chi connectivity index (χ2n) is 6.70. The molecule has 0 unspecified atom stereocenters. The van der Waals surface area contributed by atoms with Gasteiger partial charge in [0, 0.05) is 11.0 Å². The lowest BCUT2D eigenvalue weighted by atomic mass is 9.83. The Kier molecular flexibility index (Phi) is 5.18. The molecule has 0 N–H and O–H groups in total. The molecule has 0 heterocycles. The van der Waals surface area contributed by atoms with Gasteiger partial charge in [0.1, 0.15) is 0 Å². The predicted molar refractivity (Wildman–Crippen MR) is 70.7 cm³/mol. The van der Waals surface area contributed by atoms with Crippen LogP contribution in [0.4, 0.5) is 0 Å². The number of likely N-dealkylation sites (N-methyl/N-ethyl adjacent to an activating group) is 1. The lowest BCUT2D eigenvalue weighted by Gasteiger charge is -2.40. The number of Topliss-reactive ketones (excluding diaryl/α,β-unsaturated/α-hetero) is 1. The molecule has 0 aromatic rings. The number of ketones is 1. The molecule has 0 aromatic carbocycles. The molecule has 0 spiro atoms. The minimum absolute atomic E-state index is 0.0424. The summed E-state index contributed by atoms with van der Waals surface area (Å²) < 4.78 is 0. The first kappa shape index (κ1) is 15.6. The highest BCUT2D eigenvalue weighted by atomic mass is 16.1. The third-order valence-corrected chi connectivity index (χ3v) is 3.13. The highest BCUT2D eigenvalue weighted by molar-refractivity contribution is 5.88. The van der Waals surface area contributed by atoms with E-state index in [0.29, 0.717) is 5.78 Å². The predicted octanol–water partition coefficient (Wildman–Crippen LogP) is 3.50. The first-order chi connectivity index (χ1) is 7.01. The number of carbonyl (C=O) groups is 1. The largest absolute Gasteiger partial charge is 0.297 e. The van der Waals surface area contributed by atoms with Gasteiger partial charge in [-0.25, -0.2) is 0 Å². The molecule has 0 radical (unpaired) electrons. The van der Waals surface area contributed by atoms with Crippen molar-refractivity contribution in [2.24, 2.45) is 5.41 Å². The van der Waals surface area contributed by atoms with Crippen LogP contribution in [0, 0.1) is 5.41 Å². The normalized spacial score (nSPS) is 15.3. The first-order valence-corrected chi connectivity index (χ1v) is 6.29. The number of nitrogens with zero attached hydrogens (tertiary/aromatic N) is 1. The zero-order valence-corrected chi connectivity index (χ0v) is 12.3. The van der Waals surface area contributed by atoms with Gasteiger partial charge < -0.3 is 0 Å². The van der Waals surface area contributed by atoms with Crippen molar-refractivity contribution >= 4 is 5.78 Å². The fraction of sp³-hybridized carbons (Fsp3) is 0.929. The number of hydrogen-bond donors (Lipinski definition) is 0. The maximum absolute atomic E-state index is 12.4. The molecule has 0 aliphatic carbocycles. The summed E-state index contributed by atoms with van der Waals surface area (Å²) in [6.45, 7) is 14.6. The summed E-state index contributed by atoms with van der Waals surface area (Å²) in [4.78, 5) is 14.6. The molecular formula is C14H29NO. The van der Waals surface area contributed by atoms with Crippen molar-refractivity contribution < 1.29 is 4.79 Å². The summed E-state index contributed by atoms with van der Waals surface area (Å²) in [5, 5.41) is 0. The van der Waals surface area contributed by atoms with Gasteiger partial charge in [0.05, 0.1) is 6.04 Å². The van der Waals surface area contributed by atoms with Crippen LogP contribution in [0.5, 0.6) is 0 Å². The van der Waals surface area contributed by atoms with Gasteiger partial charge in [-0.2, -0.15) is 0 Å². The van der Waals surface area contributed by atoms with Crippen LogP contribution in [0.1, 0.15) is 61.3 Å². The lowest BCUT2D eigenvalue weighted by molar-refractivity contribution is -0.133.